The van der Waals surface area contributed by atoms with Crippen LogP contribution < -0.4 is 5.46 Å². The molecule has 0 unspecified atom stereocenters. The zero-order chi connectivity index (χ0) is 58.4. The summed E-state index contributed by atoms with van der Waals surface area (Å²) >= 11 is 6.99. The van der Waals surface area contributed by atoms with E-state index in [1.54, 1.807) is 0 Å². The standard InChI is InChI=1S/C40H49N.C20H33BO2.C12H7Br2N/c1-37(2,3)29-17-27(18-30(23-29)38(4,5)6)25-13-15-35-33(21-25)34-22-26(14-16-36(34)41-35)28-19-31(39(7,8)9)24-32(20-28)40(10,11)12;1-17(2,3)14-11-15(18(4,5)6)13-16(12-14)21-22-19(7,8)20(9,10)23-21;13-7-1-3-11-9(5-7)10-6-8(14)2-4-12(10)15-11/h13-24,41H,1-12H3;11-13H,1-10H3;1-6,15H. The largest absolute Gasteiger partial charge is 0.494 e. The average Bonchev–Trinajstić information content (AvgIpc) is 4.23. The fraction of sp³-hybridized carbons (Fsp3) is 0.417. The van der Waals surface area contributed by atoms with Crippen molar-refractivity contribution < 1.29 is 9.31 Å². The van der Waals surface area contributed by atoms with Gasteiger partial charge in [0.15, 0.2) is 0 Å². The molecule has 0 aliphatic carbocycles. The van der Waals surface area contributed by atoms with Crippen LogP contribution >= 0.6 is 31.9 Å². The minimum atomic E-state index is -0.308. The van der Waals surface area contributed by atoms with E-state index in [9.17, 15) is 0 Å². The van der Waals surface area contributed by atoms with Gasteiger partial charge in [0.25, 0.3) is 0 Å². The highest BCUT2D eigenvalue weighted by molar-refractivity contribution is 9.10. The average molecular weight is 1190 g/mol. The van der Waals surface area contributed by atoms with Gasteiger partial charge < -0.3 is 19.3 Å². The lowest BCUT2D eigenvalue weighted by atomic mass is 9.71. The number of H-pyrrole nitrogens is 2. The van der Waals surface area contributed by atoms with E-state index in [4.69, 9.17) is 9.31 Å². The number of fused-ring (bicyclic) bond motifs is 6. The second kappa shape index (κ2) is 21.1. The summed E-state index contributed by atoms with van der Waals surface area (Å²) in [7, 11) is -0.302. The van der Waals surface area contributed by atoms with E-state index in [0.29, 0.717) is 0 Å². The molecule has 1 aliphatic heterocycles. The van der Waals surface area contributed by atoms with Gasteiger partial charge in [-0.05, 0) is 182 Å². The fourth-order valence-electron chi connectivity index (χ4n) is 10.1. The Kier molecular flexibility index (Phi) is 16.1. The molecule has 0 atom stereocenters. The van der Waals surface area contributed by atoms with Crippen LogP contribution in [0.3, 0.4) is 0 Å². The van der Waals surface area contributed by atoms with Crippen LogP contribution in [0.1, 0.15) is 186 Å². The lowest BCUT2D eigenvalue weighted by Crippen LogP contribution is -2.41. The van der Waals surface area contributed by atoms with Crippen molar-refractivity contribution in [1.82, 2.24) is 9.97 Å². The zero-order valence-electron chi connectivity index (χ0n) is 51.8. The van der Waals surface area contributed by atoms with Crippen molar-refractivity contribution in [2.24, 2.45) is 0 Å². The quantitative estimate of drug-likeness (QED) is 0.173. The summed E-state index contributed by atoms with van der Waals surface area (Å²) in [6, 6.07) is 47.6. The van der Waals surface area contributed by atoms with Crippen LogP contribution in [-0.2, 0) is 41.8 Å². The van der Waals surface area contributed by atoms with Gasteiger partial charge in [-0.2, -0.15) is 0 Å². The van der Waals surface area contributed by atoms with Gasteiger partial charge in [-0.3, -0.25) is 0 Å². The molecule has 0 spiro atoms. The fourth-order valence-corrected chi connectivity index (χ4v) is 10.8. The summed E-state index contributed by atoms with van der Waals surface area (Å²) < 4.78 is 14.7. The predicted octanol–water partition coefficient (Wildman–Crippen LogP) is 21.3. The topological polar surface area (TPSA) is 50.0 Å². The maximum Gasteiger partial charge on any atom is 0.494 e. The van der Waals surface area contributed by atoms with Crippen LogP contribution in [0.4, 0.5) is 0 Å². The molecule has 10 rings (SSSR count). The smallest absolute Gasteiger partial charge is 0.399 e. The van der Waals surface area contributed by atoms with Gasteiger partial charge in [0, 0.05) is 52.6 Å². The molecule has 4 nitrogen and oxygen atoms in total. The summed E-state index contributed by atoms with van der Waals surface area (Å²) in [6.45, 7) is 49.6. The van der Waals surface area contributed by atoms with Crippen molar-refractivity contribution >= 4 is 88.1 Å². The van der Waals surface area contributed by atoms with Crippen LogP contribution in [-0.4, -0.2) is 28.3 Å². The maximum absolute atomic E-state index is 6.26. The molecule has 7 aromatic carbocycles. The number of nitrogens with one attached hydrogen (secondary N) is 2. The number of aromatic amines is 2. The van der Waals surface area contributed by atoms with Gasteiger partial charge in [0.05, 0.1) is 11.2 Å². The molecule has 3 heterocycles. The summed E-state index contributed by atoms with van der Waals surface area (Å²) in [5, 5.41) is 5.06. The first-order valence-electron chi connectivity index (χ1n) is 28.4. The Labute approximate surface area is 492 Å². The normalized spacial score (nSPS) is 15.2. The molecule has 2 N–H and O–H groups in total. The zero-order valence-corrected chi connectivity index (χ0v) is 54.9. The Morgan fingerprint density at radius 2 is 0.570 bits per heavy atom. The van der Waals surface area contributed by atoms with Crippen LogP contribution in [0.15, 0.2) is 136 Å². The Morgan fingerprint density at radius 3 is 0.848 bits per heavy atom. The Morgan fingerprint density at radius 1 is 0.316 bits per heavy atom. The monoisotopic (exact) mass is 1180 g/mol. The Bertz CT molecular complexity index is 3420. The molecular weight excluding hydrogens is 1100 g/mol. The van der Waals surface area contributed by atoms with Crippen molar-refractivity contribution in [2.75, 3.05) is 0 Å². The lowest BCUT2D eigenvalue weighted by Gasteiger charge is -2.32. The summed E-state index contributed by atoms with van der Waals surface area (Å²) in [6.07, 6.45) is 0. The number of benzene rings is 7. The summed E-state index contributed by atoms with van der Waals surface area (Å²) in [5.41, 5.74) is 19.1. The maximum atomic E-state index is 6.26. The number of aromatic nitrogens is 2. The van der Waals surface area contributed by atoms with Gasteiger partial charge in [-0.15, -0.1) is 0 Å². The molecule has 1 aliphatic rings. The van der Waals surface area contributed by atoms with Crippen molar-refractivity contribution in [1.29, 1.82) is 0 Å². The van der Waals surface area contributed by atoms with E-state index in [1.165, 1.54) is 99.2 Å². The molecule has 2 aromatic heterocycles. The van der Waals surface area contributed by atoms with Crippen molar-refractivity contribution in [3.05, 3.63) is 170 Å². The first kappa shape index (κ1) is 60.2. The van der Waals surface area contributed by atoms with E-state index in [-0.39, 0.29) is 50.8 Å². The number of halogens is 2. The van der Waals surface area contributed by atoms with Crippen LogP contribution in [0, 0.1) is 0 Å². The van der Waals surface area contributed by atoms with Gasteiger partial charge in [0.2, 0.25) is 0 Å². The second-order valence-electron chi connectivity index (χ2n) is 29.7. The molecule has 0 bridgehead atoms. The van der Waals surface area contributed by atoms with Gasteiger partial charge in [0.1, 0.15) is 0 Å². The molecule has 416 valence electrons. The minimum absolute atomic E-state index is 0.0866. The highest BCUT2D eigenvalue weighted by Gasteiger charge is 2.52. The molecule has 0 saturated carbocycles. The van der Waals surface area contributed by atoms with Crippen molar-refractivity contribution in [3.8, 4) is 22.3 Å². The van der Waals surface area contributed by atoms with E-state index in [1.807, 2.05) is 12.1 Å². The van der Waals surface area contributed by atoms with E-state index in [2.05, 4.69) is 309 Å². The van der Waals surface area contributed by atoms with Crippen molar-refractivity contribution in [2.45, 2.75) is 196 Å². The summed E-state index contributed by atoms with van der Waals surface area (Å²) in [4.78, 5) is 7.07. The molecule has 1 fully saturated rings. The molecule has 79 heavy (non-hydrogen) atoms. The van der Waals surface area contributed by atoms with E-state index >= 15 is 0 Å². The number of hydrogen-bond donors (Lipinski definition) is 2. The first-order valence-corrected chi connectivity index (χ1v) is 30.0. The number of hydrogen-bond acceptors (Lipinski definition) is 2. The molecule has 0 amide bonds. The highest BCUT2D eigenvalue weighted by Crippen LogP contribution is 2.41. The molecule has 1 saturated heterocycles. The second-order valence-corrected chi connectivity index (χ2v) is 31.5. The van der Waals surface area contributed by atoms with Crippen LogP contribution in [0.25, 0.3) is 65.9 Å². The van der Waals surface area contributed by atoms with Crippen LogP contribution in [0.5, 0.6) is 0 Å². The molecule has 0 radical (unpaired) electrons. The third-order valence-electron chi connectivity index (χ3n) is 16.3. The predicted molar refractivity (Wildman–Crippen MR) is 352 cm³/mol. The number of rotatable bonds is 3. The SMILES string of the molecule is Brc1ccc2[nH]c3ccc(Br)cc3c2c1.CC(C)(C)c1cc(-c2ccc3[nH]c4ccc(-c5cc(C(C)(C)C)cc(C(C)(C)C)c5)cc4c3c2)cc(C(C)(C)C)c1.CC(C)(C)c1cc(B2OC(C)(C)C(C)(C)O2)cc(C(C)(C)C)c1. The Balaban J connectivity index is 0.000000179. The van der Waals surface area contributed by atoms with Gasteiger partial charge >= 0.3 is 7.12 Å². The molecular formula is C72H89BBr2N2O2. The third-order valence-corrected chi connectivity index (χ3v) is 17.3. The Hall–Kier alpha value is -4.92. The van der Waals surface area contributed by atoms with Crippen LogP contribution in [0.2, 0.25) is 0 Å². The third kappa shape index (κ3) is 13.4. The molecule has 9 aromatic rings. The van der Waals surface area contributed by atoms with E-state index < -0.39 is 0 Å². The lowest BCUT2D eigenvalue weighted by molar-refractivity contribution is 0.00578. The summed E-state index contributed by atoms with van der Waals surface area (Å²) in [5.74, 6) is 0. The van der Waals surface area contributed by atoms with Gasteiger partial charge in [-0.25, -0.2) is 0 Å². The van der Waals surface area contributed by atoms with Gasteiger partial charge in [-0.1, -0.05) is 223 Å². The molecule has 7 heteroatoms. The first-order chi connectivity index (χ1) is 36.2. The highest BCUT2D eigenvalue weighted by atomic mass is 79.9. The van der Waals surface area contributed by atoms with Crippen molar-refractivity contribution in [3.63, 3.8) is 0 Å². The minimum Gasteiger partial charge on any atom is -0.399 e. The van der Waals surface area contributed by atoms with E-state index in [0.717, 1.165) is 14.4 Å².